The lowest BCUT2D eigenvalue weighted by Gasteiger charge is -2.08. The second-order valence-electron chi connectivity index (χ2n) is 4.09. The van der Waals surface area contributed by atoms with E-state index < -0.39 is 15.8 Å². The number of nitrogens with one attached hydrogen (secondary N) is 1. The van der Waals surface area contributed by atoms with Gasteiger partial charge in [-0.3, -0.25) is 4.72 Å². The third kappa shape index (κ3) is 6.58. The second-order valence-corrected chi connectivity index (χ2v) is 5.93. The molecule has 0 saturated heterocycles. The summed E-state index contributed by atoms with van der Waals surface area (Å²) in [6.45, 7) is 2.20. The summed E-state index contributed by atoms with van der Waals surface area (Å²) in [5, 5.41) is 8.59. The minimum Gasteiger partial charge on any atom is -0.395 e. The molecule has 1 rings (SSSR count). The number of hydrogen-bond acceptors (Lipinski definition) is 4. The highest BCUT2D eigenvalue weighted by Crippen LogP contribution is 2.15. The van der Waals surface area contributed by atoms with Crippen LogP contribution in [0.2, 0.25) is 0 Å². The molecule has 0 radical (unpaired) electrons. The minimum atomic E-state index is -3.57. The monoisotopic (exact) mass is 315 g/mol. The van der Waals surface area contributed by atoms with E-state index in [1.54, 1.807) is 6.92 Å². The lowest BCUT2D eigenvalue weighted by atomic mass is 10.2. The Balaban J connectivity index is 2.74. The number of sulfonamides is 1. The van der Waals surface area contributed by atoms with E-state index in [0.29, 0.717) is 6.61 Å². The lowest BCUT2D eigenvalue weighted by molar-refractivity contribution is 0.163. The number of aliphatic hydroxyl groups excluding tert-OH is 1. The van der Waals surface area contributed by atoms with E-state index in [4.69, 9.17) is 9.84 Å². The molecule has 5 nitrogen and oxygen atoms in total. The Morgan fingerprint density at radius 2 is 2.19 bits per heavy atom. The van der Waals surface area contributed by atoms with Crippen LogP contribution >= 0.6 is 0 Å². The third-order valence-electron chi connectivity index (χ3n) is 2.40. The van der Waals surface area contributed by atoms with E-state index in [2.05, 4.69) is 16.6 Å². The molecular formula is C14H18FNO4S. The van der Waals surface area contributed by atoms with Crippen molar-refractivity contribution in [2.75, 3.05) is 30.3 Å². The smallest absolute Gasteiger partial charge is 0.235 e. The summed E-state index contributed by atoms with van der Waals surface area (Å²) in [4.78, 5) is 0. The molecule has 0 unspecified atom stereocenters. The molecule has 0 saturated carbocycles. The first-order valence-electron chi connectivity index (χ1n) is 6.46. The van der Waals surface area contributed by atoms with Crippen LogP contribution in [0, 0.1) is 17.7 Å². The van der Waals surface area contributed by atoms with Gasteiger partial charge >= 0.3 is 0 Å². The summed E-state index contributed by atoms with van der Waals surface area (Å²) >= 11 is 0. The number of halogens is 1. The lowest BCUT2D eigenvalue weighted by Crippen LogP contribution is -2.20. The first kappa shape index (κ1) is 17.4. The van der Waals surface area contributed by atoms with Gasteiger partial charge in [0.1, 0.15) is 5.82 Å². The zero-order chi connectivity index (χ0) is 15.7. The summed E-state index contributed by atoms with van der Waals surface area (Å²) in [5.74, 6) is 4.35. The first-order chi connectivity index (χ1) is 9.98. The van der Waals surface area contributed by atoms with Gasteiger partial charge < -0.3 is 9.84 Å². The molecule has 0 aliphatic rings. The van der Waals surface area contributed by atoms with Gasteiger partial charge in [0.15, 0.2) is 0 Å². The predicted octanol–water partition coefficient (Wildman–Crippen LogP) is 1.34. The summed E-state index contributed by atoms with van der Waals surface area (Å²) < 4.78 is 44.4. The summed E-state index contributed by atoms with van der Waals surface area (Å²) in [6.07, 6.45) is 0.255. The van der Waals surface area contributed by atoms with Crippen LogP contribution in [0.5, 0.6) is 0 Å². The molecule has 0 spiro atoms. The van der Waals surface area contributed by atoms with E-state index in [1.165, 1.54) is 12.1 Å². The molecule has 1 aromatic carbocycles. The van der Waals surface area contributed by atoms with E-state index >= 15 is 0 Å². The fraction of sp³-hybridized carbons (Fsp3) is 0.429. The molecule has 0 aromatic heterocycles. The Morgan fingerprint density at radius 3 is 2.81 bits per heavy atom. The van der Waals surface area contributed by atoms with Gasteiger partial charge in [0.25, 0.3) is 0 Å². The highest BCUT2D eigenvalue weighted by molar-refractivity contribution is 7.92. The topological polar surface area (TPSA) is 75.6 Å². The third-order valence-corrected chi connectivity index (χ3v) is 3.65. The minimum absolute atomic E-state index is 0.0824. The van der Waals surface area contributed by atoms with Crippen LogP contribution in [0.15, 0.2) is 18.2 Å². The average Bonchev–Trinajstić information content (AvgIpc) is 2.41. The molecule has 116 valence electrons. The van der Waals surface area contributed by atoms with E-state index in [1.807, 2.05) is 0 Å². The van der Waals surface area contributed by atoms with E-state index in [-0.39, 0.29) is 36.6 Å². The van der Waals surface area contributed by atoms with Crippen LogP contribution in [-0.4, -0.2) is 39.1 Å². The molecular weight excluding hydrogens is 297 g/mol. The van der Waals surface area contributed by atoms with Crippen molar-refractivity contribution in [3.8, 4) is 11.8 Å². The van der Waals surface area contributed by atoms with Crippen LogP contribution in [0.25, 0.3) is 0 Å². The molecule has 0 aliphatic heterocycles. The largest absolute Gasteiger partial charge is 0.395 e. The number of hydrogen-bond donors (Lipinski definition) is 2. The molecule has 1 aromatic rings. The highest BCUT2D eigenvalue weighted by Gasteiger charge is 2.11. The maximum atomic E-state index is 13.7. The Bertz CT molecular complexity index is 620. The zero-order valence-electron chi connectivity index (χ0n) is 11.7. The molecule has 21 heavy (non-hydrogen) atoms. The van der Waals surface area contributed by atoms with Gasteiger partial charge in [-0.25, -0.2) is 12.8 Å². The predicted molar refractivity (Wildman–Crippen MR) is 78.9 cm³/mol. The van der Waals surface area contributed by atoms with Crippen LogP contribution in [0.4, 0.5) is 10.1 Å². The van der Waals surface area contributed by atoms with Crippen molar-refractivity contribution in [3.63, 3.8) is 0 Å². The first-order valence-corrected chi connectivity index (χ1v) is 8.11. The van der Waals surface area contributed by atoms with Gasteiger partial charge in [0.2, 0.25) is 10.0 Å². The molecule has 2 N–H and O–H groups in total. The van der Waals surface area contributed by atoms with Crippen molar-refractivity contribution in [2.45, 2.75) is 13.3 Å². The molecule has 0 fully saturated rings. The van der Waals surface area contributed by atoms with Crippen LogP contribution in [0.1, 0.15) is 18.9 Å². The fourth-order valence-electron chi connectivity index (χ4n) is 1.44. The molecule has 0 atom stereocenters. The van der Waals surface area contributed by atoms with Gasteiger partial charge in [0, 0.05) is 13.0 Å². The summed E-state index contributed by atoms with van der Waals surface area (Å²) in [7, 11) is -3.57. The number of aliphatic hydroxyl groups is 1. The summed E-state index contributed by atoms with van der Waals surface area (Å²) in [5.41, 5.74) is 0.289. The quantitative estimate of drug-likeness (QED) is 0.588. The SMILES string of the molecule is CCOCCS(=O)(=O)Nc1ccc(C#CCCO)c(F)c1. The second kappa shape index (κ2) is 8.62. The van der Waals surface area contributed by atoms with Gasteiger partial charge in [-0.05, 0) is 25.1 Å². The number of ether oxygens (including phenoxy) is 1. The van der Waals surface area contributed by atoms with Crippen molar-refractivity contribution in [3.05, 3.63) is 29.6 Å². The van der Waals surface area contributed by atoms with Crippen molar-refractivity contribution >= 4 is 15.7 Å². The van der Waals surface area contributed by atoms with Crippen molar-refractivity contribution in [1.29, 1.82) is 0 Å². The molecule has 0 amide bonds. The van der Waals surface area contributed by atoms with Crippen molar-refractivity contribution in [2.24, 2.45) is 0 Å². The van der Waals surface area contributed by atoms with Crippen molar-refractivity contribution in [1.82, 2.24) is 0 Å². The Hall–Kier alpha value is -1.62. The van der Waals surface area contributed by atoms with Gasteiger partial charge in [-0.2, -0.15) is 0 Å². The number of anilines is 1. The van der Waals surface area contributed by atoms with Crippen molar-refractivity contribution < 1.29 is 22.7 Å². The Labute approximate surface area is 124 Å². The van der Waals surface area contributed by atoms with Crippen LogP contribution in [-0.2, 0) is 14.8 Å². The van der Waals surface area contributed by atoms with E-state index in [9.17, 15) is 12.8 Å². The maximum absolute atomic E-state index is 13.7. The highest BCUT2D eigenvalue weighted by atomic mass is 32.2. The number of benzene rings is 1. The summed E-state index contributed by atoms with van der Waals surface area (Å²) in [6, 6.07) is 3.89. The van der Waals surface area contributed by atoms with Crippen LogP contribution in [0.3, 0.4) is 0 Å². The van der Waals surface area contributed by atoms with Gasteiger partial charge in [-0.1, -0.05) is 11.8 Å². The van der Waals surface area contributed by atoms with Gasteiger partial charge in [-0.15, -0.1) is 0 Å². The average molecular weight is 315 g/mol. The number of rotatable bonds is 7. The normalized spacial score (nSPS) is 10.8. The molecule has 7 heteroatoms. The molecule has 0 heterocycles. The molecule has 0 bridgehead atoms. The Kier molecular flexibility index (Phi) is 7.15. The fourth-order valence-corrected chi connectivity index (χ4v) is 2.36. The van der Waals surface area contributed by atoms with Crippen LogP contribution < -0.4 is 4.72 Å². The zero-order valence-corrected chi connectivity index (χ0v) is 12.5. The Morgan fingerprint density at radius 1 is 1.43 bits per heavy atom. The van der Waals surface area contributed by atoms with E-state index in [0.717, 1.165) is 6.07 Å². The molecule has 0 aliphatic carbocycles. The standard InChI is InChI=1S/C14H18FNO4S/c1-2-20-9-10-21(18,19)16-13-7-6-12(14(15)11-13)5-3-4-8-17/h6-7,11,16-17H,2,4,8-10H2,1H3. The van der Waals surface area contributed by atoms with Gasteiger partial charge in [0.05, 0.1) is 30.2 Å². The maximum Gasteiger partial charge on any atom is 0.235 e.